The Bertz CT molecular complexity index is 782. The van der Waals surface area contributed by atoms with Crippen LogP contribution >= 0.6 is 0 Å². The lowest BCUT2D eigenvalue weighted by molar-refractivity contribution is -0.113. The number of aromatic hydroxyl groups is 1. The number of rotatable bonds is 1. The van der Waals surface area contributed by atoms with E-state index in [0.29, 0.717) is 5.69 Å². The van der Waals surface area contributed by atoms with Crippen molar-refractivity contribution in [3.8, 4) is 5.75 Å². The van der Waals surface area contributed by atoms with Crippen LogP contribution in [0.5, 0.6) is 5.75 Å². The average molecular weight is 294 g/mol. The smallest absolute Gasteiger partial charge is 0.272 e. The van der Waals surface area contributed by atoms with Crippen molar-refractivity contribution in [3.63, 3.8) is 0 Å². The van der Waals surface area contributed by atoms with Crippen LogP contribution in [-0.4, -0.2) is 28.9 Å². The molecule has 1 aliphatic rings. The summed E-state index contributed by atoms with van der Waals surface area (Å²) in [4.78, 5) is 26.2. The first-order valence-electron chi connectivity index (χ1n) is 6.75. The van der Waals surface area contributed by atoms with Gasteiger partial charge >= 0.3 is 0 Å². The van der Waals surface area contributed by atoms with E-state index in [0.717, 1.165) is 5.56 Å². The van der Waals surface area contributed by atoms with Gasteiger partial charge in [0.05, 0.1) is 11.3 Å². The maximum Gasteiger partial charge on any atom is 0.272 e. The number of carbonyl (C=O) groups is 2. The lowest BCUT2D eigenvalue weighted by Gasteiger charge is -2.16. The zero-order valence-electron chi connectivity index (χ0n) is 11.9. The number of carbonyl (C=O) groups excluding carboxylic acids is 2. The van der Waals surface area contributed by atoms with E-state index in [9.17, 15) is 14.7 Å². The molecular weight excluding hydrogens is 280 g/mol. The Balaban J connectivity index is 2.08. The highest BCUT2D eigenvalue weighted by Gasteiger charge is 2.28. The average Bonchev–Trinajstić information content (AvgIpc) is 2.60. The highest BCUT2D eigenvalue weighted by atomic mass is 16.3. The van der Waals surface area contributed by atoms with Crippen molar-refractivity contribution in [1.29, 1.82) is 0 Å². The minimum absolute atomic E-state index is 0.0229. The van der Waals surface area contributed by atoms with Gasteiger partial charge in [-0.15, -0.1) is 0 Å². The number of phenols is 1. The van der Waals surface area contributed by atoms with Gasteiger partial charge in [0.1, 0.15) is 11.4 Å². The molecule has 0 atom stereocenters. The first kappa shape index (κ1) is 13.9. The number of fused-ring (bicyclic) bond motifs is 1. The van der Waals surface area contributed by atoms with E-state index < -0.39 is 0 Å². The topological polar surface area (TPSA) is 69.6 Å². The van der Waals surface area contributed by atoms with Crippen molar-refractivity contribution in [2.75, 3.05) is 12.4 Å². The lowest BCUT2D eigenvalue weighted by Crippen LogP contribution is -2.29. The summed E-state index contributed by atoms with van der Waals surface area (Å²) in [6.45, 7) is 0. The van der Waals surface area contributed by atoms with Gasteiger partial charge in [-0.1, -0.05) is 30.3 Å². The van der Waals surface area contributed by atoms with Gasteiger partial charge in [0, 0.05) is 7.05 Å². The number of phenolic OH excluding ortho intramolecular Hbond substituents is 1. The number of amides is 2. The van der Waals surface area contributed by atoms with E-state index in [2.05, 4.69) is 5.32 Å². The van der Waals surface area contributed by atoms with Gasteiger partial charge in [-0.25, -0.2) is 0 Å². The summed E-state index contributed by atoms with van der Waals surface area (Å²) in [7, 11) is 1.54. The van der Waals surface area contributed by atoms with Crippen molar-refractivity contribution in [2.45, 2.75) is 0 Å². The maximum atomic E-state index is 12.5. The first-order chi connectivity index (χ1) is 10.6. The van der Waals surface area contributed by atoms with E-state index in [-0.39, 0.29) is 28.8 Å². The number of nitrogens with one attached hydrogen (secondary N) is 1. The van der Waals surface area contributed by atoms with Crippen LogP contribution in [0, 0.1) is 0 Å². The predicted molar refractivity (Wildman–Crippen MR) is 83.2 cm³/mol. The number of likely N-dealkylation sites (N-methyl/N-ethyl adjacent to an activating group) is 1. The summed E-state index contributed by atoms with van der Waals surface area (Å²) in [6.07, 6.45) is 1.65. The van der Waals surface area contributed by atoms with Gasteiger partial charge in [-0.2, -0.15) is 0 Å². The third-order valence-corrected chi connectivity index (χ3v) is 3.48. The number of hydrogen-bond donors (Lipinski definition) is 2. The Kier molecular flexibility index (Phi) is 3.39. The summed E-state index contributed by atoms with van der Waals surface area (Å²) < 4.78 is 0. The van der Waals surface area contributed by atoms with E-state index in [1.165, 1.54) is 30.1 Å². The van der Waals surface area contributed by atoms with E-state index in [4.69, 9.17) is 0 Å². The monoisotopic (exact) mass is 294 g/mol. The van der Waals surface area contributed by atoms with Crippen molar-refractivity contribution in [1.82, 2.24) is 4.90 Å². The Hall–Kier alpha value is -3.08. The Morgan fingerprint density at radius 3 is 2.55 bits per heavy atom. The predicted octanol–water partition coefficient (Wildman–Crippen LogP) is 2.46. The summed E-state index contributed by atoms with van der Waals surface area (Å²) in [5.74, 6) is -0.749. The van der Waals surface area contributed by atoms with E-state index in [1.807, 2.05) is 30.3 Å². The Labute approximate surface area is 127 Å². The summed E-state index contributed by atoms with van der Waals surface area (Å²) in [5.41, 5.74) is 1.71. The minimum Gasteiger partial charge on any atom is -0.508 e. The van der Waals surface area contributed by atoms with Gasteiger partial charge < -0.3 is 15.3 Å². The van der Waals surface area contributed by atoms with Crippen LogP contribution in [0.15, 0.2) is 54.2 Å². The molecule has 0 saturated heterocycles. The van der Waals surface area contributed by atoms with Crippen LogP contribution in [0.4, 0.5) is 5.69 Å². The standard InChI is InChI=1S/C17H14N2O3/c1-19-15(9-11-5-3-2-4-6-11)16(21)18-14-8-7-12(20)10-13(14)17(19)22/h2-10,20H,1H3,(H,18,21). The molecule has 2 aromatic rings. The van der Waals surface area contributed by atoms with Crippen LogP contribution in [0.2, 0.25) is 0 Å². The summed E-state index contributed by atoms with van der Waals surface area (Å²) in [5, 5.41) is 12.3. The van der Waals surface area contributed by atoms with Gasteiger partial charge in [0.25, 0.3) is 11.8 Å². The number of anilines is 1. The van der Waals surface area contributed by atoms with Gasteiger partial charge in [-0.05, 0) is 29.8 Å². The zero-order chi connectivity index (χ0) is 15.7. The van der Waals surface area contributed by atoms with Gasteiger partial charge in [0.2, 0.25) is 0 Å². The van der Waals surface area contributed by atoms with Crippen LogP contribution < -0.4 is 5.32 Å². The number of benzene rings is 2. The van der Waals surface area contributed by atoms with Gasteiger partial charge in [-0.3, -0.25) is 9.59 Å². The molecule has 0 saturated carbocycles. The molecule has 2 N–H and O–H groups in total. The molecule has 1 aliphatic heterocycles. The Morgan fingerprint density at radius 1 is 1.09 bits per heavy atom. The minimum atomic E-state index is -0.371. The van der Waals surface area contributed by atoms with Crippen LogP contribution in [0.1, 0.15) is 15.9 Å². The van der Waals surface area contributed by atoms with E-state index in [1.54, 1.807) is 6.08 Å². The summed E-state index contributed by atoms with van der Waals surface area (Å²) in [6, 6.07) is 13.6. The SMILES string of the molecule is CN1C(=O)c2cc(O)ccc2NC(=O)C1=Cc1ccccc1. The summed E-state index contributed by atoms with van der Waals surface area (Å²) >= 11 is 0. The zero-order valence-corrected chi connectivity index (χ0v) is 11.9. The molecule has 2 aromatic carbocycles. The van der Waals surface area contributed by atoms with Crippen molar-refractivity contribution >= 4 is 23.6 Å². The molecule has 2 amide bonds. The molecule has 0 spiro atoms. The fourth-order valence-corrected chi connectivity index (χ4v) is 2.32. The van der Waals surface area contributed by atoms with Crippen molar-refractivity contribution in [3.05, 3.63) is 65.4 Å². The molecule has 0 aliphatic carbocycles. The molecular formula is C17H14N2O3. The molecule has 5 heteroatoms. The number of hydrogen-bond acceptors (Lipinski definition) is 3. The molecule has 0 unspecified atom stereocenters. The second-order valence-corrected chi connectivity index (χ2v) is 4.99. The highest BCUT2D eigenvalue weighted by Crippen LogP contribution is 2.27. The van der Waals surface area contributed by atoms with Gasteiger partial charge in [0.15, 0.2) is 0 Å². The first-order valence-corrected chi connectivity index (χ1v) is 6.75. The molecule has 3 rings (SSSR count). The maximum absolute atomic E-state index is 12.5. The molecule has 5 nitrogen and oxygen atoms in total. The highest BCUT2D eigenvalue weighted by molar-refractivity contribution is 6.16. The number of nitrogens with zero attached hydrogens (tertiary/aromatic N) is 1. The lowest BCUT2D eigenvalue weighted by atomic mass is 10.1. The Morgan fingerprint density at radius 2 is 1.82 bits per heavy atom. The van der Waals surface area contributed by atoms with Crippen molar-refractivity contribution in [2.24, 2.45) is 0 Å². The third-order valence-electron chi connectivity index (χ3n) is 3.48. The van der Waals surface area contributed by atoms with Crippen molar-refractivity contribution < 1.29 is 14.7 Å². The normalized spacial score (nSPS) is 16.2. The fourth-order valence-electron chi connectivity index (χ4n) is 2.32. The second kappa shape index (κ2) is 5.37. The molecule has 0 bridgehead atoms. The molecule has 1 heterocycles. The molecule has 22 heavy (non-hydrogen) atoms. The third kappa shape index (κ3) is 2.44. The molecule has 0 fully saturated rings. The largest absolute Gasteiger partial charge is 0.508 e. The van der Waals surface area contributed by atoms with Crippen LogP contribution in [0.25, 0.3) is 6.08 Å². The quantitative estimate of drug-likeness (QED) is 0.627. The van der Waals surface area contributed by atoms with Crippen LogP contribution in [-0.2, 0) is 4.79 Å². The molecule has 0 radical (unpaired) electrons. The van der Waals surface area contributed by atoms with E-state index >= 15 is 0 Å². The second-order valence-electron chi connectivity index (χ2n) is 4.99. The molecule has 0 aromatic heterocycles. The van der Waals surface area contributed by atoms with Crippen LogP contribution in [0.3, 0.4) is 0 Å². The molecule has 110 valence electrons. The fraction of sp³-hybridized carbons (Fsp3) is 0.0588.